The fraction of sp³-hybridized carbons (Fsp3) is 0.350. The molecule has 1 aliphatic rings. The van der Waals surface area contributed by atoms with Gasteiger partial charge in [-0.25, -0.2) is 9.97 Å². The molecule has 1 aliphatic heterocycles. The summed E-state index contributed by atoms with van der Waals surface area (Å²) in [5.74, 6) is 0.0468. The first kappa shape index (κ1) is 18.3. The Morgan fingerprint density at radius 2 is 2.04 bits per heavy atom. The normalized spacial score (nSPS) is 16.4. The second kappa shape index (κ2) is 7.54. The number of nitrogens with one attached hydrogen (secondary N) is 1. The highest BCUT2D eigenvalue weighted by Gasteiger charge is 2.38. The highest BCUT2D eigenvalue weighted by Crippen LogP contribution is 2.37. The van der Waals surface area contributed by atoms with E-state index >= 15 is 0 Å². The Bertz CT molecular complexity index is 982. The number of hydrogen-bond acceptors (Lipinski definition) is 5. The van der Waals surface area contributed by atoms with Crippen LogP contribution in [-0.2, 0) is 9.53 Å². The monoisotopic (exact) mass is 401 g/mol. The van der Waals surface area contributed by atoms with E-state index in [0.29, 0.717) is 23.5 Å². The summed E-state index contributed by atoms with van der Waals surface area (Å²) < 4.78 is 5.43. The third-order valence-corrected chi connectivity index (χ3v) is 6.48. The molecule has 1 saturated heterocycles. The number of amides is 1. The quantitative estimate of drug-likeness (QED) is 0.613. The molecule has 27 heavy (non-hydrogen) atoms. The van der Waals surface area contributed by atoms with Gasteiger partial charge in [0.25, 0.3) is 0 Å². The Kier molecular flexibility index (Phi) is 5.12. The standard InChI is InChI=1S/C20H20ClN3O2S/c1-2-20(5-7-26-8-6-20)18(25)24-19-23-12-16(27-19)13-3-4-14-11-22-17(21)10-15(14)9-13/h3-4,9-12H,2,5-8H2,1H3,(H,23,24,25). The molecule has 0 aliphatic carbocycles. The summed E-state index contributed by atoms with van der Waals surface area (Å²) in [5.41, 5.74) is 0.690. The first-order valence-electron chi connectivity index (χ1n) is 9.00. The van der Waals surface area contributed by atoms with Crippen molar-refractivity contribution in [1.29, 1.82) is 0 Å². The summed E-state index contributed by atoms with van der Waals surface area (Å²) in [4.78, 5) is 22.4. The molecule has 7 heteroatoms. The van der Waals surface area contributed by atoms with Crippen molar-refractivity contribution in [3.8, 4) is 10.4 Å². The Hall–Kier alpha value is -2.02. The van der Waals surface area contributed by atoms with Crippen LogP contribution in [0.1, 0.15) is 26.2 Å². The number of aromatic nitrogens is 2. The van der Waals surface area contributed by atoms with Crippen LogP contribution < -0.4 is 5.32 Å². The van der Waals surface area contributed by atoms with Crippen molar-refractivity contribution in [2.75, 3.05) is 18.5 Å². The molecule has 0 bridgehead atoms. The van der Waals surface area contributed by atoms with Gasteiger partial charge in [0.2, 0.25) is 5.91 Å². The molecule has 1 amide bonds. The molecule has 1 N–H and O–H groups in total. The van der Waals surface area contributed by atoms with Gasteiger partial charge in [-0.05, 0) is 42.3 Å². The van der Waals surface area contributed by atoms with Gasteiger partial charge in [-0.3, -0.25) is 4.79 Å². The second-order valence-electron chi connectivity index (χ2n) is 6.80. The lowest BCUT2D eigenvalue weighted by atomic mass is 9.77. The first-order valence-corrected chi connectivity index (χ1v) is 10.2. The molecular weight excluding hydrogens is 382 g/mol. The topological polar surface area (TPSA) is 64.1 Å². The van der Waals surface area contributed by atoms with Gasteiger partial charge in [-0.15, -0.1) is 0 Å². The average Bonchev–Trinajstić information content (AvgIpc) is 3.16. The predicted octanol–water partition coefficient (Wildman–Crippen LogP) is 5.16. The van der Waals surface area contributed by atoms with Gasteiger partial charge in [0.15, 0.2) is 5.13 Å². The molecule has 0 spiro atoms. The Balaban J connectivity index is 1.55. The molecule has 0 radical (unpaired) electrons. The third-order valence-electron chi connectivity index (χ3n) is 5.31. The number of rotatable bonds is 4. The Labute approximate surface area is 166 Å². The molecule has 4 rings (SSSR count). The van der Waals surface area contributed by atoms with Crippen molar-refractivity contribution < 1.29 is 9.53 Å². The number of fused-ring (bicyclic) bond motifs is 1. The Morgan fingerprint density at radius 3 is 2.81 bits per heavy atom. The maximum atomic E-state index is 12.9. The number of anilines is 1. The number of pyridine rings is 1. The summed E-state index contributed by atoms with van der Waals surface area (Å²) in [5, 5.41) is 6.18. The predicted molar refractivity (Wildman–Crippen MR) is 109 cm³/mol. The van der Waals surface area contributed by atoms with Crippen LogP contribution in [0.3, 0.4) is 0 Å². The zero-order chi connectivity index (χ0) is 18.9. The van der Waals surface area contributed by atoms with E-state index in [4.69, 9.17) is 16.3 Å². The van der Waals surface area contributed by atoms with E-state index in [0.717, 1.165) is 40.5 Å². The van der Waals surface area contributed by atoms with Crippen LogP contribution in [0.4, 0.5) is 5.13 Å². The fourth-order valence-electron chi connectivity index (χ4n) is 3.47. The number of carbonyl (C=O) groups excluding carboxylic acids is 1. The summed E-state index contributed by atoms with van der Waals surface area (Å²) in [6.45, 7) is 3.34. The molecule has 1 aromatic carbocycles. The summed E-state index contributed by atoms with van der Waals surface area (Å²) in [6, 6.07) is 7.96. The SMILES string of the molecule is CCC1(C(=O)Nc2ncc(-c3ccc4cnc(Cl)cc4c3)s2)CCOCC1. The Morgan fingerprint density at radius 1 is 1.22 bits per heavy atom. The number of ether oxygens (including phenoxy) is 1. The van der Waals surface area contributed by atoms with Crippen LogP contribution in [0.15, 0.2) is 36.7 Å². The lowest BCUT2D eigenvalue weighted by molar-refractivity contribution is -0.131. The van der Waals surface area contributed by atoms with E-state index in [1.54, 1.807) is 12.4 Å². The molecule has 1 fully saturated rings. The van der Waals surface area contributed by atoms with Crippen molar-refractivity contribution in [1.82, 2.24) is 9.97 Å². The average molecular weight is 402 g/mol. The smallest absolute Gasteiger partial charge is 0.232 e. The molecule has 3 aromatic rings. The maximum Gasteiger partial charge on any atom is 0.232 e. The van der Waals surface area contributed by atoms with Crippen LogP contribution in [0, 0.1) is 5.41 Å². The number of carbonyl (C=O) groups is 1. The minimum Gasteiger partial charge on any atom is -0.381 e. The van der Waals surface area contributed by atoms with E-state index < -0.39 is 0 Å². The minimum absolute atomic E-state index is 0.0468. The number of benzene rings is 1. The van der Waals surface area contributed by atoms with Gasteiger partial charge in [0.05, 0.1) is 10.3 Å². The molecular formula is C20H20ClN3O2S. The summed E-state index contributed by atoms with van der Waals surface area (Å²) in [7, 11) is 0. The van der Waals surface area contributed by atoms with Gasteiger partial charge >= 0.3 is 0 Å². The van der Waals surface area contributed by atoms with Crippen molar-refractivity contribution in [3.63, 3.8) is 0 Å². The number of hydrogen-bond donors (Lipinski definition) is 1. The van der Waals surface area contributed by atoms with Gasteiger partial charge in [0.1, 0.15) is 5.15 Å². The van der Waals surface area contributed by atoms with Crippen LogP contribution in [0.25, 0.3) is 21.2 Å². The van der Waals surface area contributed by atoms with Crippen LogP contribution >= 0.6 is 22.9 Å². The zero-order valence-corrected chi connectivity index (χ0v) is 16.6. The van der Waals surface area contributed by atoms with Crippen molar-refractivity contribution in [2.45, 2.75) is 26.2 Å². The van der Waals surface area contributed by atoms with E-state index in [1.807, 2.05) is 18.2 Å². The zero-order valence-electron chi connectivity index (χ0n) is 15.0. The minimum atomic E-state index is -0.350. The van der Waals surface area contributed by atoms with Gasteiger partial charge in [0, 0.05) is 31.0 Å². The van der Waals surface area contributed by atoms with Crippen molar-refractivity contribution in [2.24, 2.45) is 5.41 Å². The van der Waals surface area contributed by atoms with Gasteiger partial charge in [-0.1, -0.05) is 42.0 Å². The van der Waals surface area contributed by atoms with E-state index in [-0.39, 0.29) is 11.3 Å². The van der Waals surface area contributed by atoms with Crippen molar-refractivity contribution in [3.05, 3.63) is 41.8 Å². The second-order valence-corrected chi connectivity index (χ2v) is 8.22. The molecule has 140 valence electrons. The van der Waals surface area contributed by atoms with E-state index in [9.17, 15) is 4.79 Å². The lowest BCUT2D eigenvalue weighted by Crippen LogP contribution is -2.40. The highest BCUT2D eigenvalue weighted by atomic mass is 35.5. The van der Waals surface area contributed by atoms with Gasteiger partial charge in [-0.2, -0.15) is 0 Å². The molecule has 0 saturated carbocycles. The largest absolute Gasteiger partial charge is 0.381 e. The van der Waals surface area contributed by atoms with Crippen molar-refractivity contribution >= 4 is 44.7 Å². The summed E-state index contributed by atoms with van der Waals surface area (Å²) >= 11 is 7.48. The molecule has 3 heterocycles. The fourth-order valence-corrected chi connectivity index (χ4v) is 4.44. The first-order chi connectivity index (χ1) is 13.1. The molecule has 0 atom stereocenters. The molecule has 5 nitrogen and oxygen atoms in total. The van der Waals surface area contributed by atoms with Gasteiger partial charge < -0.3 is 10.1 Å². The lowest BCUT2D eigenvalue weighted by Gasteiger charge is -2.34. The van der Waals surface area contributed by atoms with Crippen LogP contribution in [0.5, 0.6) is 0 Å². The van der Waals surface area contributed by atoms with Crippen LogP contribution in [-0.4, -0.2) is 29.1 Å². The van der Waals surface area contributed by atoms with E-state index in [1.165, 1.54) is 11.3 Å². The highest BCUT2D eigenvalue weighted by molar-refractivity contribution is 7.19. The van der Waals surface area contributed by atoms with E-state index in [2.05, 4.69) is 28.3 Å². The van der Waals surface area contributed by atoms with Crippen LogP contribution in [0.2, 0.25) is 5.15 Å². The molecule has 0 unspecified atom stereocenters. The third kappa shape index (κ3) is 3.70. The number of thiazole rings is 1. The summed E-state index contributed by atoms with van der Waals surface area (Å²) in [6.07, 6.45) is 5.88. The molecule has 2 aromatic heterocycles. The number of halogens is 1. The number of nitrogens with zero attached hydrogens (tertiary/aromatic N) is 2. The maximum absolute atomic E-state index is 12.9.